The van der Waals surface area contributed by atoms with E-state index in [1.165, 1.54) is 23.1 Å². The summed E-state index contributed by atoms with van der Waals surface area (Å²) in [5, 5.41) is 11.3. The molecule has 0 aliphatic rings. The molecule has 1 amide bonds. The highest BCUT2D eigenvalue weighted by Crippen LogP contribution is 2.44. The van der Waals surface area contributed by atoms with E-state index in [9.17, 15) is 27.9 Å². The SMILES string of the molecule is CO[C@@](C(=O)OC(CCc1c(C(=O)N(C)C)cn2c(C)c(C)nc2c1O)c1ccccc1)(c1ccccc1)C(F)(F)F. The zero-order chi connectivity index (χ0) is 30.8. The van der Waals surface area contributed by atoms with E-state index in [-0.39, 0.29) is 41.3 Å². The summed E-state index contributed by atoms with van der Waals surface area (Å²) >= 11 is 0. The molecule has 2 heterocycles. The first-order chi connectivity index (χ1) is 19.8. The van der Waals surface area contributed by atoms with Crippen molar-refractivity contribution in [3.8, 4) is 5.75 Å². The van der Waals surface area contributed by atoms with Gasteiger partial charge in [-0.2, -0.15) is 13.2 Å². The molecule has 0 aliphatic heterocycles. The van der Waals surface area contributed by atoms with Crippen molar-refractivity contribution in [2.45, 2.75) is 44.6 Å². The number of hydrogen-bond donors (Lipinski definition) is 1. The van der Waals surface area contributed by atoms with Gasteiger partial charge in [0.2, 0.25) is 0 Å². The number of rotatable bonds is 9. The minimum Gasteiger partial charge on any atom is -0.504 e. The summed E-state index contributed by atoms with van der Waals surface area (Å²) in [5.74, 6) is -2.26. The molecule has 2 aromatic carbocycles. The third kappa shape index (κ3) is 5.44. The summed E-state index contributed by atoms with van der Waals surface area (Å²) in [6.45, 7) is 3.58. The lowest BCUT2D eigenvalue weighted by atomic mass is 9.92. The van der Waals surface area contributed by atoms with E-state index < -0.39 is 29.4 Å². The Morgan fingerprint density at radius 2 is 1.62 bits per heavy atom. The van der Waals surface area contributed by atoms with Gasteiger partial charge < -0.3 is 23.9 Å². The van der Waals surface area contributed by atoms with Crippen LogP contribution >= 0.6 is 0 Å². The summed E-state index contributed by atoms with van der Waals surface area (Å²) in [6.07, 6.45) is -4.82. The van der Waals surface area contributed by atoms with Gasteiger partial charge in [-0.1, -0.05) is 60.7 Å². The number of carbonyl (C=O) groups excluding carboxylic acids is 2. The van der Waals surface area contributed by atoms with Crippen molar-refractivity contribution in [1.29, 1.82) is 0 Å². The lowest BCUT2D eigenvalue weighted by Crippen LogP contribution is -2.52. The Balaban J connectivity index is 1.77. The number of carbonyl (C=O) groups is 2. The van der Waals surface area contributed by atoms with E-state index in [0.29, 0.717) is 11.3 Å². The van der Waals surface area contributed by atoms with Gasteiger partial charge in [-0.15, -0.1) is 0 Å². The normalized spacial score (nSPS) is 13.9. The number of alkyl halides is 3. The molecular formula is C31H32F3N3O5. The van der Waals surface area contributed by atoms with E-state index in [0.717, 1.165) is 24.9 Å². The van der Waals surface area contributed by atoms with Gasteiger partial charge in [0.1, 0.15) is 6.10 Å². The number of esters is 1. The summed E-state index contributed by atoms with van der Waals surface area (Å²) in [4.78, 5) is 32.4. The number of aromatic hydroxyl groups is 1. The number of benzene rings is 2. The lowest BCUT2D eigenvalue weighted by Gasteiger charge is -2.34. The Kier molecular flexibility index (Phi) is 8.63. The fourth-order valence-electron chi connectivity index (χ4n) is 4.94. The molecule has 222 valence electrons. The van der Waals surface area contributed by atoms with Crippen LogP contribution in [-0.2, 0) is 26.3 Å². The highest BCUT2D eigenvalue weighted by Gasteiger charge is 2.64. The van der Waals surface area contributed by atoms with Crippen molar-refractivity contribution in [2.75, 3.05) is 21.2 Å². The van der Waals surface area contributed by atoms with E-state index in [2.05, 4.69) is 4.98 Å². The number of fused-ring (bicyclic) bond motifs is 1. The van der Waals surface area contributed by atoms with Crippen LogP contribution in [0.1, 0.15) is 51.0 Å². The predicted octanol–water partition coefficient (Wildman–Crippen LogP) is 5.68. The average molecular weight is 584 g/mol. The second kappa shape index (κ2) is 11.8. The van der Waals surface area contributed by atoms with Gasteiger partial charge in [0.25, 0.3) is 11.5 Å². The zero-order valence-corrected chi connectivity index (χ0v) is 23.9. The van der Waals surface area contributed by atoms with Gasteiger partial charge in [0.15, 0.2) is 11.4 Å². The first kappa shape index (κ1) is 30.6. The van der Waals surface area contributed by atoms with Gasteiger partial charge in [-0.25, -0.2) is 9.78 Å². The Hall–Kier alpha value is -4.38. The Labute approximate surface area is 241 Å². The number of ether oxygens (including phenoxy) is 2. The van der Waals surface area contributed by atoms with Crippen LogP contribution in [0, 0.1) is 13.8 Å². The molecule has 2 atom stereocenters. The lowest BCUT2D eigenvalue weighted by molar-refractivity contribution is -0.278. The van der Waals surface area contributed by atoms with Crippen molar-refractivity contribution >= 4 is 17.5 Å². The molecule has 11 heteroatoms. The first-order valence-corrected chi connectivity index (χ1v) is 13.2. The molecule has 0 spiro atoms. The molecule has 0 bridgehead atoms. The van der Waals surface area contributed by atoms with Crippen molar-refractivity contribution in [1.82, 2.24) is 14.3 Å². The monoisotopic (exact) mass is 583 g/mol. The topological polar surface area (TPSA) is 93.4 Å². The minimum atomic E-state index is -5.15. The Morgan fingerprint density at radius 1 is 1.02 bits per heavy atom. The average Bonchev–Trinajstić information content (AvgIpc) is 3.25. The summed E-state index contributed by atoms with van der Waals surface area (Å²) in [7, 11) is 3.94. The molecule has 0 aliphatic carbocycles. The standard InChI is InChI=1S/C31H32F3N3O5/c1-19-20(2)37-18-24(28(39)36(3)4)23(26(38)27(37)35-19)16-17-25(21-12-8-6-9-13-21)42-29(40)30(41-5,31(32,33)34)22-14-10-7-11-15-22/h6-15,18,25,38H,16-17H2,1-5H3/t25?,30-/m1/s1. The van der Waals surface area contributed by atoms with Crippen LogP contribution in [0.5, 0.6) is 5.75 Å². The number of pyridine rings is 1. The zero-order valence-electron chi connectivity index (χ0n) is 23.9. The number of amides is 1. The number of nitrogens with zero attached hydrogens (tertiary/aromatic N) is 3. The molecule has 4 rings (SSSR count). The highest BCUT2D eigenvalue weighted by molar-refractivity contribution is 5.96. The molecule has 8 nitrogen and oxygen atoms in total. The summed E-state index contributed by atoms with van der Waals surface area (Å²) < 4.78 is 55.8. The van der Waals surface area contributed by atoms with Crippen molar-refractivity contribution in [3.63, 3.8) is 0 Å². The second-order valence-corrected chi connectivity index (χ2v) is 10.1. The number of aromatic nitrogens is 2. The molecule has 2 aromatic heterocycles. The first-order valence-electron chi connectivity index (χ1n) is 13.2. The molecular weight excluding hydrogens is 551 g/mol. The molecule has 0 saturated carbocycles. The molecule has 0 radical (unpaired) electrons. The van der Waals surface area contributed by atoms with E-state index in [4.69, 9.17) is 9.47 Å². The van der Waals surface area contributed by atoms with Crippen LogP contribution in [0.4, 0.5) is 13.2 Å². The smallest absolute Gasteiger partial charge is 0.432 e. The van der Waals surface area contributed by atoms with E-state index in [1.54, 1.807) is 68.9 Å². The maximum absolute atomic E-state index is 14.6. The van der Waals surface area contributed by atoms with Crippen LogP contribution in [-0.4, -0.2) is 58.6 Å². The van der Waals surface area contributed by atoms with Gasteiger partial charge in [0, 0.05) is 44.2 Å². The van der Waals surface area contributed by atoms with E-state index >= 15 is 0 Å². The molecule has 0 saturated heterocycles. The Morgan fingerprint density at radius 3 is 2.17 bits per heavy atom. The number of methoxy groups -OCH3 is 1. The molecule has 42 heavy (non-hydrogen) atoms. The van der Waals surface area contributed by atoms with Crippen molar-refractivity contribution < 1.29 is 37.3 Å². The van der Waals surface area contributed by atoms with Gasteiger partial charge >= 0.3 is 12.1 Å². The summed E-state index contributed by atoms with van der Waals surface area (Å²) in [5.41, 5.74) is -1.31. The van der Waals surface area contributed by atoms with Gasteiger partial charge in [-0.05, 0) is 32.3 Å². The van der Waals surface area contributed by atoms with Crippen LogP contribution in [0.15, 0.2) is 66.9 Å². The second-order valence-electron chi connectivity index (χ2n) is 10.1. The number of halogens is 3. The largest absolute Gasteiger partial charge is 0.504 e. The molecule has 1 N–H and O–H groups in total. The summed E-state index contributed by atoms with van der Waals surface area (Å²) in [6, 6.07) is 14.9. The van der Waals surface area contributed by atoms with Crippen LogP contribution < -0.4 is 0 Å². The quantitative estimate of drug-likeness (QED) is 0.255. The van der Waals surface area contributed by atoms with Crippen LogP contribution in [0.2, 0.25) is 0 Å². The maximum Gasteiger partial charge on any atom is 0.432 e. The predicted molar refractivity (Wildman–Crippen MR) is 149 cm³/mol. The third-order valence-electron chi connectivity index (χ3n) is 7.35. The van der Waals surface area contributed by atoms with Gasteiger partial charge in [0.05, 0.1) is 11.3 Å². The van der Waals surface area contributed by atoms with Crippen molar-refractivity contribution in [2.24, 2.45) is 0 Å². The van der Waals surface area contributed by atoms with Crippen LogP contribution in [0.3, 0.4) is 0 Å². The number of imidazole rings is 1. The fourth-order valence-corrected chi connectivity index (χ4v) is 4.94. The number of hydrogen-bond acceptors (Lipinski definition) is 6. The fraction of sp³-hybridized carbons (Fsp3) is 0.323. The van der Waals surface area contributed by atoms with Gasteiger partial charge in [-0.3, -0.25) is 4.79 Å². The van der Waals surface area contributed by atoms with Crippen LogP contribution in [0.25, 0.3) is 5.65 Å². The maximum atomic E-state index is 14.6. The van der Waals surface area contributed by atoms with Crippen molar-refractivity contribution in [3.05, 3.63) is 101 Å². The highest BCUT2D eigenvalue weighted by atomic mass is 19.4. The van der Waals surface area contributed by atoms with E-state index in [1.807, 2.05) is 0 Å². The molecule has 1 unspecified atom stereocenters. The Bertz CT molecular complexity index is 1590. The molecule has 4 aromatic rings. The number of aryl methyl sites for hydroxylation is 2. The molecule has 0 fully saturated rings. The third-order valence-corrected chi connectivity index (χ3v) is 7.35. The minimum absolute atomic E-state index is 0.0214.